The van der Waals surface area contributed by atoms with Gasteiger partial charge in [0.25, 0.3) is 0 Å². The summed E-state index contributed by atoms with van der Waals surface area (Å²) in [5, 5.41) is 8.55. The van der Waals surface area contributed by atoms with Crippen LogP contribution in [0.2, 0.25) is 0 Å². The van der Waals surface area contributed by atoms with Crippen LogP contribution < -0.4 is 0 Å². The van der Waals surface area contributed by atoms with E-state index in [2.05, 4.69) is 0 Å². The fourth-order valence-electron chi connectivity index (χ4n) is 1.61. The first-order chi connectivity index (χ1) is 8.58. The number of rotatable bonds is 3. The molecule has 0 unspecified atom stereocenters. The molecular formula is C14H11FO2S. The lowest BCUT2D eigenvalue weighted by atomic mass is 10.1. The van der Waals surface area contributed by atoms with Gasteiger partial charge in [-0.3, -0.25) is 0 Å². The normalized spacial score (nSPS) is 11.0. The highest BCUT2D eigenvalue weighted by molar-refractivity contribution is 7.16. The van der Waals surface area contributed by atoms with E-state index in [9.17, 15) is 9.18 Å². The average molecular weight is 262 g/mol. The molecule has 4 heteroatoms. The first-order valence-corrected chi connectivity index (χ1v) is 6.16. The lowest BCUT2D eigenvalue weighted by molar-refractivity contribution is -0.131. The Hall–Kier alpha value is -1.94. The Bertz CT molecular complexity index is 614. The molecule has 0 atom stereocenters. The van der Waals surface area contributed by atoms with Crippen LogP contribution in [0.4, 0.5) is 4.39 Å². The van der Waals surface area contributed by atoms with Crippen LogP contribution in [0.1, 0.15) is 10.4 Å². The number of benzene rings is 1. The van der Waals surface area contributed by atoms with Crippen molar-refractivity contribution in [2.45, 2.75) is 6.92 Å². The highest BCUT2D eigenvalue weighted by Gasteiger charge is 2.07. The van der Waals surface area contributed by atoms with Gasteiger partial charge in [-0.15, -0.1) is 11.3 Å². The second-order valence-corrected chi connectivity index (χ2v) is 4.90. The number of hydrogen-bond donors (Lipinski definition) is 1. The minimum absolute atomic E-state index is 0.233. The molecule has 2 rings (SSSR count). The predicted molar refractivity (Wildman–Crippen MR) is 71.1 cm³/mol. The summed E-state index contributed by atoms with van der Waals surface area (Å²) in [7, 11) is 0. The molecule has 0 saturated heterocycles. The van der Waals surface area contributed by atoms with E-state index in [1.165, 1.54) is 23.5 Å². The summed E-state index contributed by atoms with van der Waals surface area (Å²) in [6, 6.07) is 8.65. The Morgan fingerprint density at radius 3 is 2.83 bits per heavy atom. The van der Waals surface area contributed by atoms with E-state index in [0.29, 0.717) is 5.56 Å². The summed E-state index contributed by atoms with van der Waals surface area (Å²) in [6.45, 7) is 1.73. The highest BCUT2D eigenvalue weighted by Crippen LogP contribution is 2.31. The van der Waals surface area contributed by atoms with E-state index in [0.717, 1.165) is 21.4 Å². The number of hydrogen-bond acceptors (Lipinski definition) is 2. The van der Waals surface area contributed by atoms with Gasteiger partial charge in [-0.2, -0.15) is 0 Å². The number of carboxylic acid groups (broad SMARTS) is 1. The van der Waals surface area contributed by atoms with Gasteiger partial charge in [0, 0.05) is 15.8 Å². The molecule has 0 aliphatic carbocycles. The van der Waals surface area contributed by atoms with Gasteiger partial charge in [0.1, 0.15) is 5.82 Å². The molecule has 1 heterocycles. The third-order valence-corrected chi connectivity index (χ3v) is 3.63. The van der Waals surface area contributed by atoms with Crippen molar-refractivity contribution in [3.8, 4) is 10.4 Å². The molecule has 0 radical (unpaired) electrons. The van der Waals surface area contributed by atoms with Gasteiger partial charge >= 0.3 is 5.97 Å². The molecule has 92 valence electrons. The molecule has 0 aliphatic rings. The first kappa shape index (κ1) is 12.5. The van der Waals surface area contributed by atoms with Crippen molar-refractivity contribution in [1.82, 2.24) is 0 Å². The van der Waals surface area contributed by atoms with E-state index >= 15 is 0 Å². The summed E-state index contributed by atoms with van der Waals surface area (Å²) in [5.74, 6) is -1.21. The topological polar surface area (TPSA) is 37.3 Å². The fraction of sp³-hybridized carbons (Fsp3) is 0.0714. The van der Waals surface area contributed by atoms with Crippen LogP contribution in [0.3, 0.4) is 0 Å². The first-order valence-electron chi connectivity index (χ1n) is 5.34. The van der Waals surface area contributed by atoms with Crippen LogP contribution in [0.15, 0.2) is 36.4 Å². The van der Waals surface area contributed by atoms with Crippen molar-refractivity contribution >= 4 is 23.4 Å². The van der Waals surface area contributed by atoms with Gasteiger partial charge < -0.3 is 5.11 Å². The van der Waals surface area contributed by atoms with Gasteiger partial charge in [-0.1, -0.05) is 12.1 Å². The van der Waals surface area contributed by atoms with Gasteiger partial charge in [0.2, 0.25) is 0 Å². The standard InChI is InChI=1S/C14H11FO2S/c1-9-11(3-2-4-12(9)15)13-7-5-10(18-13)6-8-14(16)17/h2-8H,1H3,(H,16,17). The minimum Gasteiger partial charge on any atom is -0.478 e. The van der Waals surface area contributed by atoms with Gasteiger partial charge in [0.05, 0.1) is 0 Å². The third-order valence-electron chi connectivity index (χ3n) is 2.55. The molecule has 18 heavy (non-hydrogen) atoms. The van der Waals surface area contributed by atoms with Crippen LogP contribution >= 0.6 is 11.3 Å². The Morgan fingerprint density at radius 2 is 2.11 bits per heavy atom. The summed E-state index contributed by atoms with van der Waals surface area (Å²) >= 11 is 1.43. The maximum absolute atomic E-state index is 13.4. The third kappa shape index (κ3) is 2.65. The summed E-state index contributed by atoms with van der Waals surface area (Å²) in [5.41, 5.74) is 1.45. The number of aliphatic carboxylic acids is 1. The molecule has 2 nitrogen and oxygen atoms in total. The number of thiophene rings is 1. The van der Waals surface area contributed by atoms with E-state index < -0.39 is 5.97 Å². The minimum atomic E-state index is -0.980. The average Bonchev–Trinajstić information content (AvgIpc) is 2.78. The van der Waals surface area contributed by atoms with Crippen molar-refractivity contribution in [3.63, 3.8) is 0 Å². The van der Waals surface area contributed by atoms with Crippen molar-refractivity contribution in [2.75, 3.05) is 0 Å². The van der Waals surface area contributed by atoms with Crippen molar-refractivity contribution in [2.24, 2.45) is 0 Å². The van der Waals surface area contributed by atoms with Gasteiger partial charge in [-0.05, 0) is 42.3 Å². The maximum Gasteiger partial charge on any atom is 0.328 e. The van der Waals surface area contributed by atoms with Gasteiger partial charge in [-0.25, -0.2) is 9.18 Å². The van der Waals surface area contributed by atoms with Crippen LogP contribution in [0, 0.1) is 12.7 Å². The van der Waals surface area contributed by atoms with Crippen molar-refractivity contribution in [3.05, 3.63) is 52.7 Å². The van der Waals surface area contributed by atoms with E-state index in [-0.39, 0.29) is 5.82 Å². The second kappa shape index (κ2) is 5.14. The summed E-state index contributed by atoms with van der Waals surface area (Å²) < 4.78 is 13.4. The molecule has 1 aromatic carbocycles. The lowest BCUT2D eigenvalue weighted by Crippen LogP contribution is -1.85. The molecule has 0 amide bonds. The Kier molecular flexibility index (Phi) is 3.58. The zero-order valence-corrected chi connectivity index (χ0v) is 10.5. The molecule has 2 aromatic rings. The number of carbonyl (C=O) groups is 1. The quantitative estimate of drug-likeness (QED) is 0.850. The number of carboxylic acids is 1. The molecular weight excluding hydrogens is 251 g/mol. The fourth-order valence-corrected chi connectivity index (χ4v) is 2.61. The molecule has 1 aromatic heterocycles. The molecule has 0 fully saturated rings. The Labute approximate surface area is 108 Å². The second-order valence-electron chi connectivity index (χ2n) is 3.79. The lowest BCUT2D eigenvalue weighted by Gasteiger charge is -2.03. The molecule has 0 bridgehead atoms. The van der Waals surface area contributed by atoms with Crippen molar-refractivity contribution in [1.29, 1.82) is 0 Å². The van der Waals surface area contributed by atoms with E-state index in [1.807, 2.05) is 18.2 Å². The van der Waals surface area contributed by atoms with E-state index in [1.54, 1.807) is 13.0 Å². The van der Waals surface area contributed by atoms with Crippen LogP contribution in [0.25, 0.3) is 16.5 Å². The summed E-state index contributed by atoms with van der Waals surface area (Å²) in [6.07, 6.45) is 2.62. The van der Waals surface area contributed by atoms with Crippen LogP contribution in [-0.4, -0.2) is 11.1 Å². The molecule has 1 N–H and O–H groups in total. The number of halogens is 1. The van der Waals surface area contributed by atoms with Crippen molar-refractivity contribution < 1.29 is 14.3 Å². The Morgan fingerprint density at radius 1 is 1.33 bits per heavy atom. The zero-order valence-electron chi connectivity index (χ0n) is 9.68. The zero-order chi connectivity index (χ0) is 13.1. The van der Waals surface area contributed by atoms with E-state index in [4.69, 9.17) is 5.11 Å². The van der Waals surface area contributed by atoms with Gasteiger partial charge in [0.15, 0.2) is 0 Å². The molecule has 0 aliphatic heterocycles. The molecule has 0 spiro atoms. The summed E-state index contributed by atoms with van der Waals surface area (Å²) in [4.78, 5) is 12.2. The SMILES string of the molecule is Cc1c(F)cccc1-c1ccc(C=CC(=O)O)s1. The largest absolute Gasteiger partial charge is 0.478 e. The van der Waals surface area contributed by atoms with Crippen LogP contribution in [0.5, 0.6) is 0 Å². The molecule has 0 saturated carbocycles. The van der Waals surface area contributed by atoms with Crippen LogP contribution in [-0.2, 0) is 4.79 Å². The smallest absolute Gasteiger partial charge is 0.328 e. The highest BCUT2D eigenvalue weighted by atomic mass is 32.1. The Balaban J connectivity index is 2.35. The maximum atomic E-state index is 13.4. The predicted octanol–water partition coefficient (Wildman–Crippen LogP) is 3.96. The monoisotopic (exact) mass is 262 g/mol.